The highest BCUT2D eigenvalue weighted by Gasteiger charge is 2.88. The fourth-order valence-corrected chi connectivity index (χ4v) is 37.9. The summed E-state index contributed by atoms with van der Waals surface area (Å²) < 4.78 is 56.0. The van der Waals surface area contributed by atoms with Crippen molar-refractivity contribution in [1.82, 2.24) is 0 Å². The second kappa shape index (κ2) is 31.4. The number of ether oxygens (including phenoxy) is 9. The molecule has 6 aliphatic heterocycles. The molecule has 26 heteroatoms. The van der Waals surface area contributed by atoms with Gasteiger partial charge in [-0.15, -0.1) is 0 Å². The van der Waals surface area contributed by atoms with Crippen LogP contribution >= 0.6 is 0 Å². The summed E-state index contributed by atoms with van der Waals surface area (Å²) in [6.45, 7) is 47.0. The lowest BCUT2D eigenvalue weighted by Crippen LogP contribution is -2.61. The molecule has 0 aromatic carbocycles. The normalized spacial score (nSPS) is 55.1. The molecular formula is C106H170O26. The summed E-state index contributed by atoms with van der Waals surface area (Å²) in [5.41, 5.74) is -0.201. The fraction of sp³-hybridized carbons (Fsp3) is 0.943. The van der Waals surface area contributed by atoms with Crippen molar-refractivity contribution in [3.63, 3.8) is 0 Å². The third kappa shape index (κ3) is 13.0. The van der Waals surface area contributed by atoms with Crippen molar-refractivity contribution < 1.29 is 129 Å². The Labute approximate surface area is 783 Å². The van der Waals surface area contributed by atoms with Crippen LogP contribution in [0.2, 0.25) is 0 Å². The largest absolute Gasteiger partial charge is 0.489 e. The second-order valence-corrected chi connectivity index (χ2v) is 53.5. The Hall–Kier alpha value is -2.30. The van der Waals surface area contributed by atoms with Crippen LogP contribution in [0.4, 0.5) is 0 Å². The van der Waals surface area contributed by atoms with E-state index in [0.717, 1.165) is 121 Å². The van der Waals surface area contributed by atoms with E-state index in [-0.39, 0.29) is 149 Å². The molecule has 6 spiro atoms. The van der Waals surface area contributed by atoms with Crippen LogP contribution in [-0.4, -0.2) is 265 Å². The number of fused-ring (bicyclic) bond motifs is 9. The average Bonchev–Trinajstić information content (AvgIpc) is 1.46. The first-order chi connectivity index (χ1) is 61.1. The van der Waals surface area contributed by atoms with Gasteiger partial charge < -0.3 is 129 Å². The summed E-state index contributed by atoms with van der Waals surface area (Å²) in [5.74, 6) is 5.01. The molecule has 21 rings (SSSR count). The third-order valence-electron chi connectivity index (χ3n) is 45.2. The first-order valence-corrected chi connectivity index (χ1v) is 51.8. The summed E-state index contributed by atoms with van der Waals surface area (Å²) in [7, 11) is 0. The number of aliphatic hydroxyl groups is 17. The van der Waals surface area contributed by atoms with E-state index in [9.17, 15) is 86.8 Å². The maximum atomic E-state index is 12.4. The third-order valence-corrected chi connectivity index (χ3v) is 45.2. The Morgan fingerprint density at radius 1 is 0.311 bits per heavy atom. The van der Waals surface area contributed by atoms with Crippen LogP contribution in [0.25, 0.3) is 0 Å². The number of rotatable bonds is 11. The van der Waals surface area contributed by atoms with Gasteiger partial charge in [0.15, 0.2) is 18.9 Å². The van der Waals surface area contributed by atoms with E-state index in [4.69, 9.17) is 42.6 Å². The van der Waals surface area contributed by atoms with Gasteiger partial charge in [0.2, 0.25) is 0 Å². The summed E-state index contributed by atoms with van der Waals surface area (Å²) >= 11 is 0. The van der Waals surface area contributed by atoms with Crippen LogP contribution in [0.3, 0.4) is 0 Å². The molecule has 15 fully saturated rings. The Morgan fingerprint density at radius 3 is 0.788 bits per heavy atom. The highest BCUT2D eigenvalue weighted by Crippen LogP contribution is 2.93. The predicted octanol–water partition coefficient (Wildman–Crippen LogP) is 10.4. The van der Waals surface area contributed by atoms with Crippen molar-refractivity contribution >= 4 is 0 Å². The van der Waals surface area contributed by atoms with Crippen LogP contribution in [0, 0.1) is 140 Å². The van der Waals surface area contributed by atoms with Crippen LogP contribution in [0.15, 0.2) is 34.0 Å². The van der Waals surface area contributed by atoms with Gasteiger partial charge in [0, 0.05) is 32.5 Å². The molecule has 0 unspecified atom stereocenters. The van der Waals surface area contributed by atoms with E-state index in [0.29, 0.717) is 59.9 Å². The molecule has 26 nitrogen and oxygen atoms in total. The Bertz CT molecular complexity index is 4070. The lowest BCUT2D eigenvalue weighted by atomic mass is 9.41. The van der Waals surface area contributed by atoms with Crippen LogP contribution in [0.5, 0.6) is 0 Å². The maximum Gasteiger partial charge on any atom is 0.186 e. The second-order valence-electron chi connectivity index (χ2n) is 53.5. The minimum atomic E-state index is -1.30. The standard InChI is InChI=1S/C36H58O8.2C35H56O9/c1-18-15-20(28(40)31(2,3)4)43-27-24(18)33(7)13-14-36-17-35(36)12-11-23(44-30-26(39)25(38)19(37)16-42-30)32(5,6)21(35)9-10-22(36)34(33,8)29(27)41;2*1-17-14-19(27(39)31(4,5)41)43-26-23(17)32(6)12-13-35-16-34(35)11-10-22(44-29-25(38)24(37)18(36)15-42-29)30(2,3)20(34)8-9-21(35)33(32,7)28(26)40/h18-23,25-26,28-30,37-41H,9-17H2,1-8H3;2*17-22,24-25,27-29,36-41H,8-16H2,1-7H3/t18-,19-,20-,21+,22+,23+,25+,26-,28+,29+,30+,33-,34-,35-,36+;17-,18+,19-,20+,21+,22+,24+,25-,27+,28+,29+,32-,33-,34-,35+;17-,18-,19-,20+,21+,22+,24+,25-,27-,28+,29+,32-,33-,34-,35+/m111/s1. The van der Waals surface area contributed by atoms with Crippen molar-refractivity contribution in [2.75, 3.05) is 19.8 Å². The Morgan fingerprint density at radius 2 is 0.545 bits per heavy atom. The van der Waals surface area contributed by atoms with Crippen molar-refractivity contribution in [2.24, 2.45) is 140 Å². The van der Waals surface area contributed by atoms with Gasteiger partial charge in [0.05, 0.1) is 55.4 Å². The van der Waals surface area contributed by atoms with Gasteiger partial charge in [-0.1, -0.05) is 125 Å². The summed E-state index contributed by atoms with van der Waals surface area (Å²) in [4.78, 5) is 0. The van der Waals surface area contributed by atoms with E-state index < -0.39 is 134 Å². The Balaban J connectivity index is 0.000000128. The number of hydrogen-bond donors (Lipinski definition) is 17. The van der Waals surface area contributed by atoms with E-state index >= 15 is 0 Å². The van der Waals surface area contributed by atoms with E-state index in [2.05, 4.69) is 125 Å². The number of allylic oxidation sites excluding steroid dienone is 3. The summed E-state index contributed by atoms with van der Waals surface area (Å²) in [6.07, 6.45) is 3.27. The Kier molecular flexibility index (Phi) is 23.4. The van der Waals surface area contributed by atoms with Gasteiger partial charge in [-0.25, -0.2) is 0 Å². The highest BCUT2D eigenvalue weighted by molar-refractivity contribution is 5.47. The minimum Gasteiger partial charge on any atom is -0.489 e. The van der Waals surface area contributed by atoms with Crippen molar-refractivity contribution in [3.8, 4) is 0 Å². The van der Waals surface area contributed by atoms with Gasteiger partial charge in [0.25, 0.3) is 0 Å². The zero-order valence-corrected chi connectivity index (χ0v) is 83.4. The van der Waals surface area contributed by atoms with Crippen LogP contribution in [-0.2, 0) is 42.6 Å². The smallest absolute Gasteiger partial charge is 0.186 e. The summed E-state index contributed by atoms with van der Waals surface area (Å²) in [5, 5.41) is 183. The summed E-state index contributed by atoms with van der Waals surface area (Å²) in [6, 6.07) is 0. The minimum absolute atomic E-state index is 0.0515. The van der Waals surface area contributed by atoms with Crippen LogP contribution in [0.1, 0.15) is 306 Å². The predicted molar refractivity (Wildman–Crippen MR) is 486 cm³/mol. The number of hydrogen-bond acceptors (Lipinski definition) is 26. The molecule has 0 radical (unpaired) electrons. The monoisotopic (exact) mass is 1860 g/mol. The van der Waals surface area contributed by atoms with Gasteiger partial charge in [-0.3, -0.25) is 0 Å². The molecule has 132 heavy (non-hydrogen) atoms. The molecular weight excluding hydrogens is 1690 g/mol. The zero-order valence-electron chi connectivity index (χ0n) is 83.4. The van der Waals surface area contributed by atoms with E-state index in [1.165, 1.54) is 42.4 Å². The molecule has 12 saturated carbocycles. The maximum absolute atomic E-state index is 12.4. The molecule has 21 aliphatic rings. The zero-order chi connectivity index (χ0) is 96.0. The lowest BCUT2D eigenvalue weighted by molar-refractivity contribution is -0.303. The first kappa shape index (κ1) is 98.5. The van der Waals surface area contributed by atoms with Gasteiger partial charge in [-0.05, 0) is 306 Å². The van der Waals surface area contributed by atoms with Crippen molar-refractivity contribution in [3.05, 3.63) is 34.0 Å². The van der Waals surface area contributed by atoms with Crippen molar-refractivity contribution in [2.45, 2.75) is 465 Å². The van der Waals surface area contributed by atoms with Crippen LogP contribution < -0.4 is 0 Å². The molecule has 0 aromatic heterocycles. The molecule has 45 atom stereocenters. The molecule has 15 aliphatic carbocycles. The number of aliphatic hydroxyl groups excluding tert-OH is 15. The van der Waals surface area contributed by atoms with E-state index in [1.54, 1.807) is 27.7 Å². The topological polar surface area (TPSA) is 427 Å². The van der Waals surface area contributed by atoms with Crippen molar-refractivity contribution in [1.29, 1.82) is 0 Å². The molecule has 17 N–H and O–H groups in total. The molecule has 0 aromatic rings. The molecule has 6 heterocycles. The van der Waals surface area contributed by atoms with Gasteiger partial charge in [0.1, 0.15) is 121 Å². The average molecular weight is 1860 g/mol. The lowest BCUT2D eigenvalue weighted by Gasteiger charge is -2.63. The molecule has 750 valence electrons. The highest BCUT2D eigenvalue weighted by atomic mass is 16.7. The quantitative estimate of drug-likeness (QED) is 0.0855. The van der Waals surface area contributed by atoms with Gasteiger partial charge in [-0.2, -0.15) is 0 Å². The first-order valence-electron chi connectivity index (χ1n) is 51.8. The fourth-order valence-electron chi connectivity index (χ4n) is 37.9. The molecule has 0 bridgehead atoms. The molecule has 3 saturated heterocycles. The molecule has 0 amide bonds. The van der Waals surface area contributed by atoms with E-state index in [1.807, 2.05) is 0 Å². The SMILES string of the molecule is C[C@@H]1C[C@H]([C@@H](O)C(C)(C)O)OC2=C1[C@@]1(C)CC[C@@]34C[C@@]35CC[C@H](O[C@@H]3OC[C@@H](O)[C@H](O)[C@H]3O)C(C)(C)[C@@H]5CC[C@H]4[C@]1(C)[C@H]2O.C[C@@H]1C[C@H]([C@H](O)C(C)(C)C)OC2=C1[C@@]1(C)CC[C@@]34C[C@@]35CC[C@H](O[C@@H]3OC[C@@H](O)[C@H](O)[C@H]3O)C(C)(C)[C@@H]5CC[C@H]4[C@]1(C)[C@H]2O.C[C@@H]1C[C@H]([C@H](O)C(C)(C)O)OC2=C1[C@@]1(C)CC[C@@]34C[C@@]35CC[C@H](O[C@@H]3OC[C@H](O)[C@H](O)[C@H]3O)C(C)(C)[C@@H]5CC[C@H]4[C@]1(C)[C@H]2O. The van der Waals surface area contributed by atoms with Gasteiger partial charge >= 0.3 is 0 Å².